The summed E-state index contributed by atoms with van der Waals surface area (Å²) in [5, 5.41) is 11.2. The quantitative estimate of drug-likeness (QED) is 0.469. The van der Waals surface area contributed by atoms with E-state index < -0.39 is 0 Å². The Morgan fingerprint density at radius 1 is 1.42 bits per heavy atom. The van der Waals surface area contributed by atoms with Gasteiger partial charge >= 0.3 is 5.97 Å². The molecule has 1 heterocycles. The summed E-state index contributed by atoms with van der Waals surface area (Å²) < 4.78 is 5.12. The van der Waals surface area contributed by atoms with Crippen LogP contribution in [0.25, 0.3) is 0 Å². The fourth-order valence-electron chi connectivity index (χ4n) is 3.04. The molecule has 1 aliphatic carbocycles. The van der Waals surface area contributed by atoms with E-state index in [2.05, 4.69) is 39.4 Å². The Balaban J connectivity index is 1.73. The lowest BCUT2D eigenvalue weighted by Gasteiger charge is -2.29. The highest BCUT2D eigenvalue weighted by atomic mass is 32.1. The summed E-state index contributed by atoms with van der Waals surface area (Å²) in [5.74, 6) is 1.32. The second kappa shape index (κ2) is 9.67. The zero-order valence-electron chi connectivity index (χ0n) is 14.9. The Labute approximate surface area is 148 Å². The third-order valence-electron chi connectivity index (χ3n) is 4.60. The Bertz CT molecular complexity index is 522. The van der Waals surface area contributed by atoms with Crippen molar-refractivity contribution in [2.75, 3.05) is 20.2 Å². The molecule has 1 unspecified atom stereocenters. The number of hydrogen-bond donors (Lipinski definition) is 2. The number of nitrogens with zero attached hydrogens (tertiary/aromatic N) is 1. The van der Waals surface area contributed by atoms with Crippen molar-refractivity contribution in [1.29, 1.82) is 0 Å². The van der Waals surface area contributed by atoms with Crippen LogP contribution < -0.4 is 10.6 Å². The zero-order chi connectivity index (χ0) is 17.4. The normalized spacial score (nSPS) is 22.7. The van der Waals surface area contributed by atoms with Crippen LogP contribution in [0.1, 0.15) is 51.0 Å². The molecule has 2 N–H and O–H groups in total. The number of thiophene rings is 1. The van der Waals surface area contributed by atoms with Gasteiger partial charge in [-0.3, -0.25) is 9.79 Å². The minimum atomic E-state index is -0.0388. The van der Waals surface area contributed by atoms with Gasteiger partial charge in [-0.25, -0.2) is 0 Å². The number of nitrogens with one attached hydrogen (secondary N) is 2. The van der Waals surface area contributed by atoms with Crippen LogP contribution in [-0.2, 0) is 9.53 Å². The summed E-state index contributed by atoms with van der Waals surface area (Å²) in [6.45, 7) is 5.40. The van der Waals surface area contributed by atoms with Crippen LogP contribution in [0.4, 0.5) is 0 Å². The second-order valence-corrected chi connectivity index (χ2v) is 7.14. The molecule has 0 radical (unpaired) electrons. The molecule has 0 aromatic carbocycles. The predicted molar refractivity (Wildman–Crippen MR) is 99.6 cm³/mol. The molecule has 0 amide bonds. The van der Waals surface area contributed by atoms with E-state index in [1.807, 2.05) is 6.92 Å². The van der Waals surface area contributed by atoms with Crippen LogP contribution in [0.2, 0.25) is 0 Å². The fourth-order valence-corrected chi connectivity index (χ4v) is 3.83. The Morgan fingerprint density at radius 3 is 2.75 bits per heavy atom. The lowest BCUT2D eigenvalue weighted by atomic mass is 9.86. The summed E-state index contributed by atoms with van der Waals surface area (Å²) >= 11 is 1.73. The summed E-state index contributed by atoms with van der Waals surface area (Å²) in [7, 11) is 1.80. The third kappa shape index (κ3) is 5.51. The number of ether oxygens (including phenoxy) is 1. The van der Waals surface area contributed by atoms with Gasteiger partial charge in [0.25, 0.3) is 0 Å². The highest BCUT2D eigenvalue weighted by molar-refractivity contribution is 7.07. The highest BCUT2D eigenvalue weighted by Crippen LogP contribution is 2.25. The molecule has 1 aliphatic rings. The third-order valence-corrected chi connectivity index (χ3v) is 5.30. The molecular weight excluding hydrogens is 322 g/mol. The summed E-state index contributed by atoms with van der Waals surface area (Å²) in [6.07, 6.45) is 3.73. The lowest BCUT2D eigenvalue weighted by molar-refractivity contribution is -0.149. The molecule has 2 rings (SSSR count). The average Bonchev–Trinajstić information content (AvgIpc) is 3.13. The van der Waals surface area contributed by atoms with Gasteiger partial charge in [0.2, 0.25) is 0 Å². The number of esters is 1. The van der Waals surface area contributed by atoms with Crippen LogP contribution >= 0.6 is 11.3 Å². The molecule has 5 nitrogen and oxygen atoms in total. The summed E-state index contributed by atoms with van der Waals surface area (Å²) in [4.78, 5) is 16.1. The maximum atomic E-state index is 11.8. The minimum Gasteiger partial charge on any atom is -0.466 e. The zero-order valence-corrected chi connectivity index (χ0v) is 15.7. The summed E-state index contributed by atoms with van der Waals surface area (Å²) in [6, 6.07) is 2.54. The smallest absolute Gasteiger partial charge is 0.308 e. The van der Waals surface area contributed by atoms with E-state index in [0.717, 1.165) is 38.2 Å². The minimum absolute atomic E-state index is 0.0388. The number of guanidine groups is 1. The van der Waals surface area contributed by atoms with E-state index in [4.69, 9.17) is 4.74 Å². The Morgan fingerprint density at radius 2 is 2.17 bits per heavy atom. The maximum Gasteiger partial charge on any atom is 0.308 e. The molecule has 1 saturated carbocycles. The number of hydrogen-bond acceptors (Lipinski definition) is 4. The van der Waals surface area contributed by atoms with Gasteiger partial charge in [0, 0.05) is 19.6 Å². The molecule has 1 aromatic heterocycles. The van der Waals surface area contributed by atoms with Gasteiger partial charge in [0.15, 0.2) is 5.96 Å². The Kier molecular flexibility index (Phi) is 7.56. The van der Waals surface area contributed by atoms with E-state index in [-0.39, 0.29) is 11.9 Å². The van der Waals surface area contributed by atoms with E-state index >= 15 is 0 Å². The van der Waals surface area contributed by atoms with Crippen molar-refractivity contribution in [1.82, 2.24) is 10.6 Å². The van der Waals surface area contributed by atoms with Crippen LogP contribution in [0.3, 0.4) is 0 Å². The molecule has 0 spiro atoms. The van der Waals surface area contributed by atoms with Crippen molar-refractivity contribution in [3.05, 3.63) is 22.4 Å². The molecule has 0 bridgehead atoms. The molecule has 1 fully saturated rings. The Hall–Kier alpha value is -1.56. The van der Waals surface area contributed by atoms with E-state index in [1.165, 1.54) is 5.56 Å². The van der Waals surface area contributed by atoms with Crippen molar-refractivity contribution in [2.24, 2.45) is 10.9 Å². The van der Waals surface area contributed by atoms with Gasteiger partial charge in [0.05, 0.1) is 12.5 Å². The first kappa shape index (κ1) is 18.8. The number of carbonyl (C=O) groups excluding carboxylic acids is 1. The van der Waals surface area contributed by atoms with Crippen molar-refractivity contribution in [3.8, 4) is 0 Å². The van der Waals surface area contributed by atoms with E-state index in [9.17, 15) is 4.79 Å². The predicted octanol–water partition coefficient (Wildman–Crippen LogP) is 3.14. The first-order valence-corrected chi connectivity index (χ1v) is 9.74. The fraction of sp³-hybridized carbons (Fsp3) is 0.667. The van der Waals surface area contributed by atoms with Crippen LogP contribution in [-0.4, -0.2) is 38.2 Å². The van der Waals surface area contributed by atoms with Crippen LogP contribution in [0.15, 0.2) is 21.8 Å². The monoisotopic (exact) mass is 351 g/mol. The number of aliphatic imine (C=N–C) groups is 1. The number of rotatable bonds is 6. The molecular formula is C18H29N3O2S. The largest absolute Gasteiger partial charge is 0.466 e. The molecule has 134 valence electrons. The van der Waals surface area contributed by atoms with Crippen molar-refractivity contribution < 1.29 is 9.53 Å². The van der Waals surface area contributed by atoms with Crippen molar-refractivity contribution >= 4 is 23.3 Å². The summed E-state index contributed by atoms with van der Waals surface area (Å²) in [5.41, 5.74) is 1.36. The van der Waals surface area contributed by atoms with Gasteiger partial charge in [0.1, 0.15) is 0 Å². The molecule has 1 aromatic rings. The van der Waals surface area contributed by atoms with Gasteiger partial charge in [-0.2, -0.15) is 11.3 Å². The maximum absolute atomic E-state index is 11.8. The van der Waals surface area contributed by atoms with E-state index in [0.29, 0.717) is 18.6 Å². The van der Waals surface area contributed by atoms with Gasteiger partial charge < -0.3 is 15.4 Å². The SMILES string of the molecule is CCOC(=O)C1CCC(NC(=NC)NCC(C)c2ccsc2)CC1. The average molecular weight is 352 g/mol. The van der Waals surface area contributed by atoms with Gasteiger partial charge in [-0.15, -0.1) is 0 Å². The topological polar surface area (TPSA) is 62.7 Å². The lowest BCUT2D eigenvalue weighted by Crippen LogP contribution is -2.46. The molecule has 0 aliphatic heterocycles. The second-order valence-electron chi connectivity index (χ2n) is 6.36. The van der Waals surface area contributed by atoms with Gasteiger partial charge in [-0.05, 0) is 60.9 Å². The van der Waals surface area contributed by atoms with Crippen LogP contribution in [0.5, 0.6) is 0 Å². The van der Waals surface area contributed by atoms with Crippen molar-refractivity contribution in [2.45, 2.75) is 51.5 Å². The molecule has 6 heteroatoms. The molecule has 0 saturated heterocycles. The van der Waals surface area contributed by atoms with Crippen LogP contribution in [0, 0.1) is 5.92 Å². The standard InChI is InChI=1S/C18H29N3O2S/c1-4-23-17(22)14-5-7-16(8-6-14)21-18(19-3)20-11-13(2)15-9-10-24-12-15/h9-10,12-14,16H,4-8,11H2,1-3H3,(H2,19,20,21). The first-order valence-electron chi connectivity index (χ1n) is 8.80. The first-order chi connectivity index (χ1) is 11.6. The number of carbonyl (C=O) groups is 1. The van der Waals surface area contributed by atoms with Gasteiger partial charge in [-0.1, -0.05) is 6.92 Å². The molecule has 1 atom stereocenters. The van der Waals surface area contributed by atoms with E-state index in [1.54, 1.807) is 18.4 Å². The molecule has 24 heavy (non-hydrogen) atoms. The highest BCUT2D eigenvalue weighted by Gasteiger charge is 2.27. The van der Waals surface area contributed by atoms with Crippen molar-refractivity contribution in [3.63, 3.8) is 0 Å².